The SMILES string of the molecule is O=C1CCC(N2CC3CCC(CNC(=O)NCCC4CCCCC4)CC3C2=O)C(=O)N1. The van der Waals surface area contributed by atoms with Gasteiger partial charge in [-0.15, -0.1) is 0 Å². The Kier molecular flexibility index (Phi) is 7.13. The second-order valence-electron chi connectivity index (χ2n) is 9.93. The molecule has 4 atom stereocenters. The van der Waals surface area contributed by atoms with Crippen LogP contribution in [0.4, 0.5) is 4.79 Å². The molecule has 2 saturated heterocycles. The smallest absolute Gasteiger partial charge is 0.314 e. The van der Waals surface area contributed by atoms with Crippen molar-refractivity contribution in [3.05, 3.63) is 0 Å². The quantitative estimate of drug-likeness (QED) is 0.558. The van der Waals surface area contributed by atoms with Crippen LogP contribution in [0.2, 0.25) is 0 Å². The van der Waals surface area contributed by atoms with Crippen LogP contribution in [-0.4, -0.2) is 54.3 Å². The van der Waals surface area contributed by atoms with Crippen molar-refractivity contribution in [3.8, 4) is 0 Å². The molecule has 8 heteroatoms. The molecule has 2 heterocycles. The van der Waals surface area contributed by atoms with Gasteiger partial charge in [0.1, 0.15) is 6.04 Å². The predicted molar refractivity (Wildman–Crippen MR) is 115 cm³/mol. The fourth-order valence-corrected chi connectivity index (χ4v) is 6.01. The Morgan fingerprint density at radius 1 is 0.968 bits per heavy atom. The summed E-state index contributed by atoms with van der Waals surface area (Å²) in [6.07, 6.45) is 11.0. The summed E-state index contributed by atoms with van der Waals surface area (Å²) in [6.45, 7) is 1.92. The van der Waals surface area contributed by atoms with Gasteiger partial charge in [-0.3, -0.25) is 19.7 Å². The van der Waals surface area contributed by atoms with Crippen LogP contribution in [0, 0.1) is 23.7 Å². The number of imide groups is 1. The van der Waals surface area contributed by atoms with Gasteiger partial charge >= 0.3 is 6.03 Å². The van der Waals surface area contributed by atoms with Gasteiger partial charge in [0.2, 0.25) is 17.7 Å². The average molecular weight is 433 g/mol. The van der Waals surface area contributed by atoms with E-state index in [2.05, 4.69) is 16.0 Å². The van der Waals surface area contributed by atoms with Crippen molar-refractivity contribution in [1.82, 2.24) is 20.9 Å². The van der Waals surface area contributed by atoms with E-state index in [4.69, 9.17) is 0 Å². The Bertz CT molecular complexity index is 706. The number of rotatable bonds is 6. The molecular formula is C23H36N4O4. The van der Waals surface area contributed by atoms with Crippen LogP contribution in [0.25, 0.3) is 0 Å². The number of nitrogens with one attached hydrogen (secondary N) is 3. The van der Waals surface area contributed by atoms with E-state index >= 15 is 0 Å². The van der Waals surface area contributed by atoms with E-state index in [9.17, 15) is 19.2 Å². The fraction of sp³-hybridized carbons (Fsp3) is 0.826. The second-order valence-corrected chi connectivity index (χ2v) is 9.93. The van der Waals surface area contributed by atoms with Gasteiger partial charge in [0, 0.05) is 32.0 Å². The maximum atomic E-state index is 13.0. The van der Waals surface area contributed by atoms with Crippen LogP contribution >= 0.6 is 0 Å². The largest absolute Gasteiger partial charge is 0.338 e. The molecule has 0 aromatic heterocycles. The van der Waals surface area contributed by atoms with E-state index in [1.54, 1.807) is 4.90 Å². The van der Waals surface area contributed by atoms with E-state index in [0.717, 1.165) is 38.1 Å². The lowest BCUT2D eigenvalue weighted by atomic mass is 9.75. The van der Waals surface area contributed by atoms with E-state index in [1.165, 1.54) is 32.1 Å². The minimum Gasteiger partial charge on any atom is -0.338 e. The van der Waals surface area contributed by atoms with Crippen LogP contribution in [0.15, 0.2) is 0 Å². The third kappa shape index (κ3) is 5.39. The molecule has 3 N–H and O–H groups in total. The summed E-state index contributed by atoms with van der Waals surface area (Å²) >= 11 is 0. The van der Waals surface area contributed by atoms with Gasteiger partial charge < -0.3 is 15.5 Å². The Morgan fingerprint density at radius 2 is 1.77 bits per heavy atom. The first kappa shape index (κ1) is 22.1. The molecule has 4 fully saturated rings. The van der Waals surface area contributed by atoms with Crippen molar-refractivity contribution in [3.63, 3.8) is 0 Å². The predicted octanol–water partition coefficient (Wildman–Crippen LogP) is 1.94. The van der Waals surface area contributed by atoms with Gasteiger partial charge in [-0.2, -0.15) is 0 Å². The number of hydrogen-bond acceptors (Lipinski definition) is 4. The van der Waals surface area contributed by atoms with Gasteiger partial charge in [-0.05, 0) is 49.9 Å². The first-order valence-corrected chi connectivity index (χ1v) is 12.2. The van der Waals surface area contributed by atoms with Gasteiger partial charge in [-0.1, -0.05) is 32.1 Å². The second kappa shape index (κ2) is 10.0. The van der Waals surface area contributed by atoms with Gasteiger partial charge in [0.15, 0.2) is 0 Å². The van der Waals surface area contributed by atoms with Gasteiger partial charge in [-0.25, -0.2) is 4.79 Å². The molecule has 4 rings (SSSR count). The van der Waals surface area contributed by atoms with Crippen molar-refractivity contribution in [2.75, 3.05) is 19.6 Å². The molecule has 4 aliphatic rings. The van der Waals surface area contributed by atoms with Crippen LogP contribution in [0.5, 0.6) is 0 Å². The monoisotopic (exact) mass is 432 g/mol. The zero-order chi connectivity index (χ0) is 21.8. The first-order chi connectivity index (χ1) is 15.0. The molecule has 0 radical (unpaired) electrons. The minimum atomic E-state index is -0.512. The molecule has 31 heavy (non-hydrogen) atoms. The molecule has 2 aliphatic heterocycles. The maximum absolute atomic E-state index is 13.0. The minimum absolute atomic E-state index is 0.0427. The molecule has 2 aliphatic carbocycles. The molecule has 8 nitrogen and oxygen atoms in total. The van der Waals surface area contributed by atoms with E-state index in [0.29, 0.717) is 19.5 Å². The Morgan fingerprint density at radius 3 is 2.55 bits per heavy atom. The number of piperidine rings is 1. The molecule has 0 aromatic carbocycles. The van der Waals surface area contributed by atoms with Gasteiger partial charge in [0.05, 0.1) is 0 Å². The van der Waals surface area contributed by atoms with Crippen LogP contribution < -0.4 is 16.0 Å². The third-order valence-corrected chi connectivity index (χ3v) is 7.83. The van der Waals surface area contributed by atoms with E-state index in [-0.39, 0.29) is 47.9 Å². The third-order valence-electron chi connectivity index (χ3n) is 7.83. The van der Waals surface area contributed by atoms with Crippen molar-refractivity contribution in [2.45, 2.75) is 76.7 Å². The molecule has 5 amide bonds. The van der Waals surface area contributed by atoms with Crippen LogP contribution in [0.1, 0.15) is 70.6 Å². The number of fused-ring (bicyclic) bond motifs is 1. The van der Waals surface area contributed by atoms with Gasteiger partial charge in [0.25, 0.3) is 0 Å². The highest BCUT2D eigenvalue weighted by atomic mass is 16.2. The van der Waals surface area contributed by atoms with Crippen LogP contribution in [0.3, 0.4) is 0 Å². The zero-order valence-corrected chi connectivity index (χ0v) is 18.4. The number of amides is 5. The molecular weight excluding hydrogens is 396 g/mol. The Hall–Kier alpha value is -2.12. The molecule has 0 bridgehead atoms. The Balaban J connectivity index is 1.19. The number of likely N-dealkylation sites (tertiary alicyclic amines) is 1. The number of urea groups is 1. The summed E-state index contributed by atoms with van der Waals surface area (Å²) in [5, 5.41) is 8.34. The van der Waals surface area contributed by atoms with Crippen molar-refractivity contribution in [2.24, 2.45) is 23.7 Å². The highest BCUT2D eigenvalue weighted by Crippen LogP contribution is 2.41. The normalized spacial score (nSPS) is 31.9. The number of nitrogens with zero attached hydrogens (tertiary/aromatic N) is 1. The standard InChI is InChI=1S/C23H36N4O4/c28-20-9-8-19(21(29)26-20)27-14-17-7-6-16(12-18(17)22(27)30)13-25-23(31)24-11-10-15-4-2-1-3-5-15/h15-19H,1-14H2,(H2,24,25,31)(H,26,28,29). The Labute approximate surface area is 184 Å². The first-order valence-electron chi connectivity index (χ1n) is 12.2. The van der Waals surface area contributed by atoms with E-state index < -0.39 is 6.04 Å². The molecule has 0 aromatic rings. The average Bonchev–Trinajstić information content (AvgIpc) is 3.09. The summed E-state index contributed by atoms with van der Waals surface area (Å²) in [7, 11) is 0. The summed E-state index contributed by atoms with van der Waals surface area (Å²) < 4.78 is 0. The summed E-state index contributed by atoms with van der Waals surface area (Å²) in [5.41, 5.74) is 0. The number of carbonyl (C=O) groups is 4. The van der Waals surface area contributed by atoms with Crippen molar-refractivity contribution >= 4 is 23.8 Å². The lowest BCUT2D eigenvalue weighted by molar-refractivity contribution is -0.144. The lowest BCUT2D eigenvalue weighted by Crippen LogP contribution is -2.53. The summed E-state index contributed by atoms with van der Waals surface area (Å²) in [6, 6.07) is -0.622. The topological polar surface area (TPSA) is 108 Å². The van der Waals surface area contributed by atoms with Crippen molar-refractivity contribution in [1.29, 1.82) is 0 Å². The zero-order valence-electron chi connectivity index (χ0n) is 18.4. The summed E-state index contributed by atoms with van der Waals surface area (Å²) in [4.78, 5) is 50.5. The lowest BCUT2D eigenvalue weighted by Gasteiger charge is -2.30. The highest BCUT2D eigenvalue weighted by Gasteiger charge is 2.48. The summed E-state index contributed by atoms with van der Waals surface area (Å²) in [5.74, 6) is 0.695. The number of carbonyl (C=O) groups excluding carboxylic acids is 4. The fourth-order valence-electron chi connectivity index (χ4n) is 6.01. The maximum Gasteiger partial charge on any atom is 0.314 e. The van der Waals surface area contributed by atoms with Crippen molar-refractivity contribution < 1.29 is 19.2 Å². The number of hydrogen-bond donors (Lipinski definition) is 3. The van der Waals surface area contributed by atoms with Crippen LogP contribution in [-0.2, 0) is 14.4 Å². The molecule has 4 unspecified atom stereocenters. The highest BCUT2D eigenvalue weighted by molar-refractivity contribution is 6.02. The molecule has 0 spiro atoms. The molecule has 2 saturated carbocycles. The van der Waals surface area contributed by atoms with E-state index in [1.807, 2.05) is 0 Å². The molecule has 172 valence electrons.